The molecule has 0 fully saturated rings. The van der Waals surface area contributed by atoms with E-state index < -0.39 is 5.82 Å². The zero-order valence-corrected chi connectivity index (χ0v) is 10.3. The number of nitrogens with one attached hydrogen (secondary N) is 1. The molecule has 0 heterocycles. The molecule has 0 bridgehead atoms. The molecule has 1 aromatic rings. The van der Waals surface area contributed by atoms with Crippen molar-refractivity contribution in [3.63, 3.8) is 0 Å². The summed E-state index contributed by atoms with van der Waals surface area (Å²) in [5, 5.41) is 2.41. The lowest BCUT2D eigenvalue weighted by Gasteiger charge is -2.06. The van der Waals surface area contributed by atoms with E-state index in [1.165, 1.54) is 19.1 Å². The van der Waals surface area contributed by atoms with E-state index in [9.17, 15) is 14.0 Å². The number of rotatable bonds is 4. The second kappa shape index (κ2) is 5.75. The molecule has 1 aromatic carbocycles. The standard InChI is InChI=1S/C11H11BrFNO2/c1-7(15)2-5-11(16)14-10-6-8(12)3-4-9(10)13/h3-4,6H,2,5H2,1H3,(H,14,16). The lowest BCUT2D eigenvalue weighted by Crippen LogP contribution is -2.13. The SMILES string of the molecule is CC(=O)CCC(=O)Nc1cc(Br)ccc1F. The van der Waals surface area contributed by atoms with Gasteiger partial charge in [0.05, 0.1) is 5.69 Å². The maximum atomic E-state index is 13.2. The number of ketones is 1. The van der Waals surface area contributed by atoms with Crippen molar-refractivity contribution in [3.05, 3.63) is 28.5 Å². The van der Waals surface area contributed by atoms with E-state index in [0.717, 1.165) is 0 Å². The summed E-state index contributed by atoms with van der Waals surface area (Å²) in [6.07, 6.45) is 0.239. The van der Waals surface area contributed by atoms with Crippen LogP contribution in [0.5, 0.6) is 0 Å². The molecule has 0 saturated carbocycles. The summed E-state index contributed by atoms with van der Waals surface area (Å²) in [4.78, 5) is 22.0. The predicted molar refractivity (Wildman–Crippen MR) is 62.6 cm³/mol. The Morgan fingerprint density at radius 2 is 2.06 bits per heavy atom. The van der Waals surface area contributed by atoms with Crippen molar-refractivity contribution >= 4 is 33.3 Å². The first-order valence-electron chi connectivity index (χ1n) is 4.73. The first kappa shape index (κ1) is 12.8. The van der Waals surface area contributed by atoms with Gasteiger partial charge in [-0.2, -0.15) is 0 Å². The third kappa shape index (κ3) is 4.10. The van der Waals surface area contributed by atoms with E-state index in [1.807, 2.05) is 0 Å². The van der Waals surface area contributed by atoms with Gasteiger partial charge in [0.25, 0.3) is 0 Å². The summed E-state index contributed by atoms with van der Waals surface area (Å²) in [5.74, 6) is -0.934. The van der Waals surface area contributed by atoms with Crippen LogP contribution in [0.2, 0.25) is 0 Å². The van der Waals surface area contributed by atoms with E-state index in [0.29, 0.717) is 4.47 Å². The Hall–Kier alpha value is -1.23. The van der Waals surface area contributed by atoms with Gasteiger partial charge in [-0.15, -0.1) is 0 Å². The Morgan fingerprint density at radius 3 is 2.69 bits per heavy atom. The molecule has 0 spiro atoms. The van der Waals surface area contributed by atoms with Gasteiger partial charge < -0.3 is 10.1 Å². The van der Waals surface area contributed by atoms with Crippen molar-refractivity contribution in [3.8, 4) is 0 Å². The van der Waals surface area contributed by atoms with Crippen molar-refractivity contribution in [1.82, 2.24) is 0 Å². The number of hydrogen-bond acceptors (Lipinski definition) is 2. The van der Waals surface area contributed by atoms with Crippen LogP contribution in [-0.4, -0.2) is 11.7 Å². The molecular weight excluding hydrogens is 277 g/mol. The zero-order chi connectivity index (χ0) is 12.1. The van der Waals surface area contributed by atoms with Crippen molar-refractivity contribution < 1.29 is 14.0 Å². The average Bonchev–Trinajstić information content (AvgIpc) is 2.20. The minimum absolute atomic E-state index is 0.0649. The van der Waals surface area contributed by atoms with Gasteiger partial charge in [-0.05, 0) is 25.1 Å². The van der Waals surface area contributed by atoms with Crippen LogP contribution < -0.4 is 5.32 Å². The van der Waals surface area contributed by atoms with Crippen molar-refractivity contribution in [2.75, 3.05) is 5.32 Å². The highest BCUT2D eigenvalue weighted by Gasteiger charge is 2.08. The molecule has 0 aliphatic carbocycles. The fourth-order valence-corrected chi connectivity index (χ4v) is 1.46. The lowest BCUT2D eigenvalue weighted by molar-refractivity contribution is -0.121. The molecule has 1 N–H and O–H groups in total. The van der Waals surface area contributed by atoms with E-state index in [1.54, 1.807) is 6.07 Å². The van der Waals surface area contributed by atoms with Gasteiger partial charge in [-0.25, -0.2) is 4.39 Å². The van der Waals surface area contributed by atoms with Gasteiger partial charge in [0.2, 0.25) is 5.91 Å². The molecule has 16 heavy (non-hydrogen) atoms. The van der Waals surface area contributed by atoms with Crippen LogP contribution in [0.1, 0.15) is 19.8 Å². The minimum Gasteiger partial charge on any atom is -0.324 e. The maximum absolute atomic E-state index is 13.2. The second-order valence-corrected chi connectivity index (χ2v) is 4.29. The zero-order valence-electron chi connectivity index (χ0n) is 8.72. The van der Waals surface area contributed by atoms with Crippen LogP contribution >= 0.6 is 15.9 Å². The van der Waals surface area contributed by atoms with Gasteiger partial charge >= 0.3 is 0 Å². The van der Waals surface area contributed by atoms with Gasteiger partial charge in [-0.1, -0.05) is 15.9 Å². The highest BCUT2D eigenvalue weighted by atomic mass is 79.9. The fourth-order valence-electron chi connectivity index (χ4n) is 1.10. The number of carbonyl (C=O) groups is 2. The van der Waals surface area contributed by atoms with Gasteiger partial charge in [-0.3, -0.25) is 4.79 Å². The van der Waals surface area contributed by atoms with Gasteiger partial charge in [0.1, 0.15) is 11.6 Å². The van der Waals surface area contributed by atoms with Gasteiger partial charge in [0.15, 0.2) is 0 Å². The third-order valence-corrected chi connectivity index (χ3v) is 2.40. The van der Waals surface area contributed by atoms with Crippen molar-refractivity contribution in [2.45, 2.75) is 19.8 Å². The summed E-state index contributed by atoms with van der Waals surface area (Å²) < 4.78 is 13.9. The molecule has 1 amide bonds. The van der Waals surface area contributed by atoms with E-state index >= 15 is 0 Å². The summed E-state index contributed by atoms with van der Waals surface area (Å²) in [7, 11) is 0. The highest BCUT2D eigenvalue weighted by molar-refractivity contribution is 9.10. The molecule has 86 valence electrons. The van der Waals surface area contributed by atoms with Crippen LogP contribution in [0.15, 0.2) is 22.7 Å². The number of Topliss-reactive ketones (excluding diaryl/α,β-unsaturated/α-hetero) is 1. The molecule has 5 heteroatoms. The molecule has 0 unspecified atom stereocenters. The number of halogens is 2. The Balaban J connectivity index is 2.62. The molecule has 0 aromatic heterocycles. The third-order valence-electron chi connectivity index (χ3n) is 1.91. The average molecular weight is 288 g/mol. The normalized spacial score (nSPS) is 9.94. The highest BCUT2D eigenvalue weighted by Crippen LogP contribution is 2.20. The molecule has 1 rings (SSSR count). The molecule has 3 nitrogen and oxygen atoms in total. The Kier molecular flexibility index (Phi) is 4.61. The number of amides is 1. The van der Waals surface area contributed by atoms with E-state index in [-0.39, 0.29) is 30.2 Å². The van der Waals surface area contributed by atoms with E-state index in [2.05, 4.69) is 21.2 Å². The quantitative estimate of drug-likeness (QED) is 0.926. The topological polar surface area (TPSA) is 46.2 Å². The molecule has 0 saturated heterocycles. The molecule has 0 aliphatic heterocycles. The molecule has 0 atom stereocenters. The first-order chi connectivity index (χ1) is 7.49. The number of hydrogen-bond donors (Lipinski definition) is 1. The van der Waals surface area contributed by atoms with Gasteiger partial charge in [0, 0.05) is 17.3 Å². The molecule has 0 radical (unpaired) electrons. The number of benzene rings is 1. The number of anilines is 1. The van der Waals surface area contributed by atoms with Crippen molar-refractivity contribution in [2.24, 2.45) is 0 Å². The minimum atomic E-state index is -0.501. The first-order valence-corrected chi connectivity index (χ1v) is 5.52. The predicted octanol–water partition coefficient (Wildman–Crippen LogP) is 2.90. The maximum Gasteiger partial charge on any atom is 0.224 e. The smallest absolute Gasteiger partial charge is 0.224 e. The summed E-state index contributed by atoms with van der Waals surface area (Å²) >= 11 is 3.18. The van der Waals surface area contributed by atoms with Crippen LogP contribution in [0, 0.1) is 5.82 Å². The summed E-state index contributed by atoms with van der Waals surface area (Å²) in [5.41, 5.74) is 0.114. The fraction of sp³-hybridized carbons (Fsp3) is 0.273. The second-order valence-electron chi connectivity index (χ2n) is 3.37. The van der Waals surface area contributed by atoms with Crippen molar-refractivity contribution in [1.29, 1.82) is 0 Å². The van der Waals surface area contributed by atoms with Crippen LogP contribution in [0.3, 0.4) is 0 Å². The molecule has 0 aliphatic rings. The Morgan fingerprint density at radius 1 is 1.38 bits per heavy atom. The molecular formula is C11H11BrFNO2. The Bertz CT molecular complexity index is 420. The number of carbonyl (C=O) groups excluding carboxylic acids is 2. The van der Waals surface area contributed by atoms with Crippen LogP contribution in [0.4, 0.5) is 10.1 Å². The lowest BCUT2D eigenvalue weighted by atomic mass is 10.2. The summed E-state index contributed by atoms with van der Waals surface area (Å²) in [6.45, 7) is 1.41. The summed E-state index contributed by atoms with van der Waals surface area (Å²) in [6, 6.07) is 4.27. The Labute approximate surface area is 101 Å². The largest absolute Gasteiger partial charge is 0.324 e. The van der Waals surface area contributed by atoms with E-state index in [4.69, 9.17) is 0 Å². The van der Waals surface area contributed by atoms with Crippen LogP contribution in [0.25, 0.3) is 0 Å². The van der Waals surface area contributed by atoms with Crippen LogP contribution in [-0.2, 0) is 9.59 Å². The monoisotopic (exact) mass is 287 g/mol.